The molecular weight excluding hydrogens is 260 g/mol. The molecule has 3 N–H and O–H groups in total. The van der Waals surface area contributed by atoms with Crippen LogP contribution in [0.5, 0.6) is 0 Å². The van der Waals surface area contributed by atoms with Gasteiger partial charge in [0.25, 0.3) is 0 Å². The summed E-state index contributed by atoms with van der Waals surface area (Å²) in [6.07, 6.45) is 4.58. The average molecular weight is 272 g/mol. The maximum absolute atomic E-state index is 11.1. The van der Waals surface area contributed by atoms with E-state index < -0.39 is 5.91 Å². The molecule has 0 aliphatic carbocycles. The van der Waals surface area contributed by atoms with Crippen LogP contribution in [-0.2, 0) is 17.6 Å². The molecule has 96 valence electrons. The molecule has 0 radical (unpaired) electrons. The SMILES string of the molecule is NC(=O)C1=CNc2nc(Cc3cccs3)ncc2C1. The van der Waals surface area contributed by atoms with Crippen molar-refractivity contribution in [2.75, 3.05) is 5.32 Å². The molecule has 0 bridgehead atoms. The van der Waals surface area contributed by atoms with E-state index in [1.807, 2.05) is 11.4 Å². The first-order valence-corrected chi connectivity index (χ1v) is 6.73. The molecule has 0 saturated heterocycles. The maximum atomic E-state index is 11.1. The van der Waals surface area contributed by atoms with E-state index in [0.29, 0.717) is 12.0 Å². The molecule has 0 aromatic carbocycles. The summed E-state index contributed by atoms with van der Waals surface area (Å²) < 4.78 is 0. The molecule has 0 spiro atoms. The summed E-state index contributed by atoms with van der Waals surface area (Å²) in [4.78, 5) is 21.1. The highest BCUT2D eigenvalue weighted by molar-refractivity contribution is 7.09. The second-order valence-corrected chi connectivity index (χ2v) is 5.30. The Morgan fingerprint density at radius 2 is 2.42 bits per heavy atom. The molecule has 1 amide bonds. The van der Waals surface area contributed by atoms with E-state index in [1.54, 1.807) is 23.7 Å². The first kappa shape index (κ1) is 11.9. The van der Waals surface area contributed by atoms with Crippen molar-refractivity contribution < 1.29 is 4.79 Å². The number of carbonyl (C=O) groups excluding carboxylic acids is 1. The van der Waals surface area contributed by atoms with Crippen molar-refractivity contribution in [1.29, 1.82) is 0 Å². The van der Waals surface area contributed by atoms with Crippen molar-refractivity contribution in [3.63, 3.8) is 0 Å². The summed E-state index contributed by atoms with van der Waals surface area (Å²) in [7, 11) is 0. The number of fused-ring (bicyclic) bond motifs is 1. The molecule has 3 heterocycles. The topological polar surface area (TPSA) is 80.9 Å². The lowest BCUT2D eigenvalue weighted by atomic mass is 10.1. The van der Waals surface area contributed by atoms with Gasteiger partial charge in [-0.3, -0.25) is 4.79 Å². The fraction of sp³-hybridized carbons (Fsp3) is 0.154. The fourth-order valence-corrected chi connectivity index (χ4v) is 2.62. The monoisotopic (exact) mass is 272 g/mol. The third-order valence-electron chi connectivity index (χ3n) is 2.91. The van der Waals surface area contributed by atoms with E-state index in [-0.39, 0.29) is 0 Å². The highest BCUT2D eigenvalue weighted by Crippen LogP contribution is 2.22. The van der Waals surface area contributed by atoms with E-state index in [1.165, 1.54) is 4.88 Å². The number of anilines is 1. The molecular formula is C13H12N4OS. The highest BCUT2D eigenvalue weighted by Gasteiger charge is 2.16. The molecule has 1 aliphatic rings. The minimum absolute atomic E-state index is 0.416. The second kappa shape index (κ2) is 4.81. The smallest absolute Gasteiger partial charge is 0.246 e. The van der Waals surface area contributed by atoms with Gasteiger partial charge in [0, 0.05) is 41.3 Å². The van der Waals surface area contributed by atoms with Crippen LogP contribution in [0, 0.1) is 0 Å². The standard InChI is InChI=1S/C13H12N4OS/c14-12(18)8-4-9-7-15-11(17-13(9)16-6-8)5-10-2-1-3-19-10/h1-3,6-7H,4-5H2,(H2,14,18)(H,15,16,17). The van der Waals surface area contributed by atoms with Gasteiger partial charge in [0.2, 0.25) is 5.91 Å². The van der Waals surface area contributed by atoms with Crippen LogP contribution in [-0.4, -0.2) is 15.9 Å². The van der Waals surface area contributed by atoms with Crippen LogP contribution in [0.2, 0.25) is 0 Å². The molecule has 0 saturated carbocycles. The van der Waals surface area contributed by atoms with Gasteiger partial charge >= 0.3 is 0 Å². The highest BCUT2D eigenvalue weighted by atomic mass is 32.1. The van der Waals surface area contributed by atoms with Gasteiger partial charge in [0.15, 0.2) is 0 Å². The molecule has 3 rings (SSSR count). The normalized spacial score (nSPS) is 13.4. The number of carbonyl (C=O) groups is 1. The summed E-state index contributed by atoms with van der Waals surface area (Å²) in [6.45, 7) is 0. The summed E-state index contributed by atoms with van der Waals surface area (Å²) in [5.41, 5.74) is 6.70. The minimum Gasteiger partial charge on any atom is -0.366 e. The van der Waals surface area contributed by atoms with Crippen LogP contribution in [0.15, 0.2) is 35.5 Å². The quantitative estimate of drug-likeness (QED) is 0.886. The maximum Gasteiger partial charge on any atom is 0.246 e. The van der Waals surface area contributed by atoms with Gasteiger partial charge in [-0.2, -0.15) is 0 Å². The lowest BCUT2D eigenvalue weighted by Gasteiger charge is -2.15. The Morgan fingerprint density at radius 1 is 1.53 bits per heavy atom. The predicted molar refractivity (Wildman–Crippen MR) is 73.8 cm³/mol. The summed E-state index contributed by atoms with van der Waals surface area (Å²) in [5.74, 6) is 1.11. The molecule has 0 fully saturated rings. The van der Waals surface area contributed by atoms with Crippen LogP contribution in [0.25, 0.3) is 0 Å². The molecule has 19 heavy (non-hydrogen) atoms. The lowest BCUT2D eigenvalue weighted by molar-refractivity contribution is -0.114. The largest absolute Gasteiger partial charge is 0.366 e. The first-order valence-electron chi connectivity index (χ1n) is 5.85. The van der Waals surface area contributed by atoms with Crippen LogP contribution in [0.4, 0.5) is 5.82 Å². The number of amides is 1. The summed E-state index contributed by atoms with van der Waals surface area (Å²) >= 11 is 1.69. The average Bonchev–Trinajstić information content (AvgIpc) is 2.91. The Hall–Kier alpha value is -2.21. The van der Waals surface area contributed by atoms with E-state index in [0.717, 1.165) is 23.6 Å². The molecule has 0 unspecified atom stereocenters. The van der Waals surface area contributed by atoms with Gasteiger partial charge in [-0.25, -0.2) is 9.97 Å². The third kappa shape index (κ3) is 2.48. The van der Waals surface area contributed by atoms with E-state index in [2.05, 4.69) is 21.4 Å². The van der Waals surface area contributed by atoms with Gasteiger partial charge < -0.3 is 11.1 Å². The molecule has 2 aromatic rings. The number of primary amides is 1. The number of thiophene rings is 1. The molecule has 5 nitrogen and oxygen atoms in total. The lowest BCUT2D eigenvalue weighted by Crippen LogP contribution is -2.20. The van der Waals surface area contributed by atoms with Gasteiger partial charge in [-0.05, 0) is 11.4 Å². The number of rotatable bonds is 3. The van der Waals surface area contributed by atoms with E-state index >= 15 is 0 Å². The fourth-order valence-electron chi connectivity index (χ4n) is 1.92. The van der Waals surface area contributed by atoms with Crippen molar-refractivity contribution in [3.05, 3.63) is 51.7 Å². The minimum atomic E-state index is -0.416. The van der Waals surface area contributed by atoms with Gasteiger partial charge in [0.1, 0.15) is 11.6 Å². The summed E-state index contributed by atoms with van der Waals surface area (Å²) in [6, 6.07) is 4.07. The van der Waals surface area contributed by atoms with Crippen molar-refractivity contribution in [2.45, 2.75) is 12.8 Å². The predicted octanol–water partition coefficient (Wildman–Crippen LogP) is 1.47. The Kier molecular flexibility index (Phi) is 3.00. The van der Waals surface area contributed by atoms with Crippen LogP contribution < -0.4 is 11.1 Å². The third-order valence-corrected chi connectivity index (χ3v) is 3.78. The molecule has 6 heteroatoms. The van der Waals surface area contributed by atoms with E-state index in [4.69, 9.17) is 5.73 Å². The molecule has 2 aromatic heterocycles. The van der Waals surface area contributed by atoms with Crippen molar-refractivity contribution >= 4 is 23.1 Å². The number of nitrogens with two attached hydrogens (primary N) is 1. The van der Waals surface area contributed by atoms with Crippen LogP contribution in [0.3, 0.4) is 0 Å². The zero-order chi connectivity index (χ0) is 13.2. The van der Waals surface area contributed by atoms with Crippen molar-refractivity contribution in [1.82, 2.24) is 9.97 Å². The van der Waals surface area contributed by atoms with Crippen molar-refractivity contribution in [2.24, 2.45) is 5.73 Å². The van der Waals surface area contributed by atoms with E-state index in [9.17, 15) is 4.79 Å². The summed E-state index contributed by atoms with van der Waals surface area (Å²) in [5, 5.41) is 5.04. The van der Waals surface area contributed by atoms with Crippen LogP contribution in [0.1, 0.15) is 16.3 Å². The second-order valence-electron chi connectivity index (χ2n) is 4.27. The van der Waals surface area contributed by atoms with Gasteiger partial charge in [0.05, 0.1) is 0 Å². The number of nitrogens with zero attached hydrogens (tertiary/aromatic N) is 2. The van der Waals surface area contributed by atoms with Crippen LogP contribution >= 0.6 is 11.3 Å². The number of nitrogens with one attached hydrogen (secondary N) is 1. The Bertz CT molecular complexity index is 649. The number of aromatic nitrogens is 2. The zero-order valence-corrected chi connectivity index (χ0v) is 10.9. The number of hydrogen-bond donors (Lipinski definition) is 2. The Labute approximate surface area is 114 Å². The molecule has 0 atom stereocenters. The number of hydrogen-bond acceptors (Lipinski definition) is 5. The van der Waals surface area contributed by atoms with Gasteiger partial charge in [-0.1, -0.05) is 6.07 Å². The Morgan fingerprint density at radius 3 is 3.16 bits per heavy atom. The zero-order valence-electron chi connectivity index (χ0n) is 10.1. The van der Waals surface area contributed by atoms with Crippen molar-refractivity contribution in [3.8, 4) is 0 Å². The molecule has 1 aliphatic heterocycles. The Balaban J connectivity index is 1.82. The van der Waals surface area contributed by atoms with Gasteiger partial charge in [-0.15, -0.1) is 11.3 Å². The first-order chi connectivity index (χ1) is 9.22.